The van der Waals surface area contributed by atoms with Gasteiger partial charge in [0.15, 0.2) is 5.82 Å². The normalized spacial score (nSPS) is 11.7. The van der Waals surface area contributed by atoms with Gasteiger partial charge in [-0.25, -0.2) is 5.43 Å². The summed E-state index contributed by atoms with van der Waals surface area (Å²) in [5, 5.41) is 6.29. The molecule has 8 heteroatoms. The Morgan fingerprint density at radius 1 is 1.36 bits per heavy atom. The van der Waals surface area contributed by atoms with Crippen LogP contribution in [0.2, 0.25) is 0 Å². The smallest absolute Gasteiger partial charge is 0.283 e. The largest absolute Gasteiger partial charge is 0.360 e. The van der Waals surface area contributed by atoms with Gasteiger partial charge in [0.25, 0.3) is 5.91 Å². The van der Waals surface area contributed by atoms with E-state index in [-0.39, 0.29) is 11.6 Å². The highest BCUT2D eigenvalue weighted by molar-refractivity contribution is 5.95. The van der Waals surface area contributed by atoms with Crippen molar-refractivity contribution in [3.8, 4) is 0 Å². The van der Waals surface area contributed by atoms with Crippen LogP contribution in [0.4, 0.5) is 5.82 Å². The van der Waals surface area contributed by atoms with Crippen LogP contribution in [0, 0.1) is 6.92 Å². The summed E-state index contributed by atoms with van der Waals surface area (Å²) >= 11 is 0. The van der Waals surface area contributed by atoms with Crippen molar-refractivity contribution in [2.24, 2.45) is 0 Å². The number of nitrogens with zero attached hydrogens (tertiary/aromatic N) is 2. The van der Waals surface area contributed by atoms with Gasteiger partial charge in [0.2, 0.25) is 5.91 Å². The maximum absolute atomic E-state index is 12.1. The fourth-order valence-electron chi connectivity index (χ4n) is 1.71. The molecule has 22 heavy (non-hydrogen) atoms. The van der Waals surface area contributed by atoms with Crippen LogP contribution in [0.5, 0.6) is 0 Å². The number of aromatic nitrogens is 2. The number of rotatable bonds is 6. The molecule has 3 N–H and O–H groups in total. The van der Waals surface area contributed by atoms with Gasteiger partial charge in [-0.15, -0.1) is 0 Å². The average Bonchev–Trinajstić information content (AvgIpc) is 2.93. The highest BCUT2D eigenvalue weighted by atomic mass is 16.5. The molecule has 0 aliphatic heterocycles. The molecule has 0 saturated heterocycles. The lowest BCUT2D eigenvalue weighted by Gasteiger charge is -2.16. The van der Waals surface area contributed by atoms with Crippen LogP contribution in [0.1, 0.15) is 29.6 Å². The zero-order valence-corrected chi connectivity index (χ0v) is 12.3. The first-order valence-electron chi connectivity index (χ1n) is 6.81. The summed E-state index contributed by atoms with van der Waals surface area (Å²) in [6, 6.07) is 6.00. The van der Waals surface area contributed by atoms with Crippen molar-refractivity contribution in [3.05, 3.63) is 41.9 Å². The molecule has 1 atom stereocenters. The van der Waals surface area contributed by atoms with Crippen molar-refractivity contribution < 1.29 is 14.1 Å². The van der Waals surface area contributed by atoms with Crippen LogP contribution in [0.25, 0.3) is 0 Å². The quantitative estimate of drug-likeness (QED) is 0.688. The minimum Gasteiger partial charge on any atom is -0.360 e. The minimum absolute atomic E-state index is 0.261. The Balaban J connectivity index is 1.89. The van der Waals surface area contributed by atoms with Gasteiger partial charge in [-0.1, -0.05) is 18.1 Å². The predicted molar refractivity (Wildman–Crippen MR) is 78.8 cm³/mol. The van der Waals surface area contributed by atoms with Gasteiger partial charge in [0.05, 0.1) is 0 Å². The average molecular weight is 303 g/mol. The summed E-state index contributed by atoms with van der Waals surface area (Å²) in [5.41, 5.74) is 5.41. The van der Waals surface area contributed by atoms with E-state index in [1.165, 1.54) is 6.20 Å². The number of hydrogen-bond donors (Lipinski definition) is 3. The lowest BCUT2D eigenvalue weighted by Crippen LogP contribution is -2.49. The van der Waals surface area contributed by atoms with Crippen molar-refractivity contribution in [1.29, 1.82) is 0 Å². The molecule has 0 aliphatic carbocycles. The molecule has 2 aromatic rings. The molecule has 116 valence electrons. The summed E-state index contributed by atoms with van der Waals surface area (Å²) in [4.78, 5) is 27.9. The molecule has 8 nitrogen and oxygen atoms in total. The fourth-order valence-corrected chi connectivity index (χ4v) is 1.71. The third-order valence-electron chi connectivity index (χ3n) is 2.86. The van der Waals surface area contributed by atoms with E-state index in [4.69, 9.17) is 4.52 Å². The third kappa shape index (κ3) is 4.13. The van der Waals surface area contributed by atoms with E-state index in [9.17, 15) is 9.59 Å². The predicted octanol–water partition coefficient (Wildman–Crippen LogP) is 1.03. The second-order valence-corrected chi connectivity index (χ2v) is 4.59. The molecule has 0 radical (unpaired) electrons. The van der Waals surface area contributed by atoms with E-state index >= 15 is 0 Å². The number of aryl methyl sites for hydroxylation is 1. The highest BCUT2D eigenvalue weighted by Crippen LogP contribution is 2.07. The van der Waals surface area contributed by atoms with Gasteiger partial charge in [-0.3, -0.25) is 20.0 Å². The topological polar surface area (TPSA) is 109 Å². The number of nitrogens with one attached hydrogen (secondary N) is 3. The monoisotopic (exact) mass is 303 g/mol. The lowest BCUT2D eigenvalue weighted by molar-refractivity contribution is -0.118. The fraction of sp³-hybridized carbons (Fsp3) is 0.286. The second kappa shape index (κ2) is 7.32. The van der Waals surface area contributed by atoms with Gasteiger partial charge in [0.1, 0.15) is 17.5 Å². The first-order valence-corrected chi connectivity index (χ1v) is 6.81. The Kier molecular flexibility index (Phi) is 5.21. The molecule has 2 rings (SSSR count). The zero-order chi connectivity index (χ0) is 15.9. The summed E-state index contributed by atoms with van der Waals surface area (Å²) in [6.07, 6.45) is 2.00. The Morgan fingerprint density at radius 3 is 2.77 bits per heavy atom. The molecule has 2 amide bonds. The molecule has 0 fully saturated rings. The van der Waals surface area contributed by atoms with Gasteiger partial charge in [-0.2, -0.15) is 0 Å². The summed E-state index contributed by atoms with van der Waals surface area (Å²) < 4.78 is 4.87. The SMILES string of the molecule is CC[C@@H](NNC(=O)c1ccccn1)C(=O)Nc1cc(C)on1. The molecule has 0 aromatic carbocycles. The molecule has 0 aliphatic rings. The van der Waals surface area contributed by atoms with Crippen LogP contribution in [-0.2, 0) is 4.79 Å². The number of hydrazine groups is 1. The van der Waals surface area contributed by atoms with Gasteiger partial charge < -0.3 is 9.84 Å². The first-order chi connectivity index (χ1) is 10.6. The Morgan fingerprint density at radius 2 is 2.18 bits per heavy atom. The van der Waals surface area contributed by atoms with Gasteiger partial charge in [0, 0.05) is 12.3 Å². The minimum atomic E-state index is -0.607. The highest BCUT2D eigenvalue weighted by Gasteiger charge is 2.18. The molecule has 0 saturated carbocycles. The number of amides is 2. The standard InChI is InChI=1S/C14H17N5O3/c1-3-10(13(20)16-12-8-9(2)22-19-12)17-18-14(21)11-6-4-5-7-15-11/h4-8,10,17H,3H2,1-2H3,(H,18,21)(H,16,19,20)/t10-/m1/s1. The van der Waals surface area contributed by atoms with Crippen LogP contribution >= 0.6 is 0 Å². The maximum atomic E-state index is 12.1. The molecular weight excluding hydrogens is 286 g/mol. The number of hydrogen-bond acceptors (Lipinski definition) is 6. The summed E-state index contributed by atoms with van der Waals surface area (Å²) in [7, 11) is 0. The van der Waals surface area contributed by atoms with Crippen molar-refractivity contribution in [2.75, 3.05) is 5.32 Å². The Bertz CT molecular complexity index is 641. The van der Waals surface area contributed by atoms with Gasteiger partial charge in [-0.05, 0) is 25.5 Å². The van der Waals surface area contributed by atoms with Crippen LogP contribution in [-0.4, -0.2) is 28.0 Å². The third-order valence-corrected chi connectivity index (χ3v) is 2.86. The number of carbonyl (C=O) groups is 2. The molecule has 2 aromatic heterocycles. The van der Waals surface area contributed by atoms with E-state index in [1.54, 1.807) is 31.2 Å². The van der Waals surface area contributed by atoms with Crippen molar-refractivity contribution in [1.82, 2.24) is 21.0 Å². The van der Waals surface area contributed by atoms with E-state index in [0.29, 0.717) is 18.0 Å². The van der Waals surface area contributed by atoms with Crippen LogP contribution < -0.4 is 16.2 Å². The number of pyridine rings is 1. The molecule has 0 unspecified atom stereocenters. The van der Waals surface area contributed by atoms with Gasteiger partial charge >= 0.3 is 0 Å². The van der Waals surface area contributed by atoms with E-state index < -0.39 is 11.9 Å². The summed E-state index contributed by atoms with van der Waals surface area (Å²) in [5.74, 6) is 0.194. The van der Waals surface area contributed by atoms with Crippen molar-refractivity contribution in [2.45, 2.75) is 26.3 Å². The molecule has 0 bridgehead atoms. The maximum Gasteiger partial charge on any atom is 0.283 e. The lowest BCUT2D eigenvalue weighted by atomic mass is 10.2. The zero-order valence-electron chi connectivity index (χ0n) is 12.3. The Labute approximate surface area is 127 Å². The number of carbonyl (C=O) groups excluding carboxylic acids is 2. The van der Waals surface area contributed by atoms with Crippen molar-refractivity contribution in [3.63, 3.8) is 0 Å². The van der Waals surface area contributed by atoms with E-state index in [1.807, 2.05) is 6.92 Å². The number of anilines is 1. The molecule has 2 heterocycles. The van der Waals surface area contributed by atoms with Crippen LogP contribution in [0.3, 0.4) is 0 Å². The van der Waals surface area contributed by atoms with Crippen molar-refractivity contribution >= 4 is 17.6 Å². The van der Waals surface area contributed by atoms with Crippen LogP contribution in [0.15, 0.2) is 35.0 Å². The summed E-state index contributed by atoms with van der Waals surface area (Å²) in [6.45, 7) is 3.55. The molecular formula is C14H17N5O3. The molecule has 0 spiro atoms. The van der Waals surface area contributed by atoms with E-state index in [2.05, 4.69) is 26.3 Å². The second-order valence-electron chi connectivity index (χ2n) is 4.59. The Hall–Kier alpha value is -2.74. The van der Waals surface area contributed by atoms with E-state index in [0.717, 1.165) is 0 Å². The first kappa shape index (κ1) is 15.6.